The van der Waals surface area contributed by atoms with Gasteiger partial charge in [0.25, 0.3) is 0 Å². The number of hydrogen-bond donors (Lipinski definition) is 1. The summed E-state index contributed by atoms with van der Waals surface area (Å²) in [5.74, 6) is -0.120. The Morgan fingerprint density at radius 2 is 1.71 bits per heavy atom. The maximum atomic E-state index is 13.0. The van der Waals surface area contributed by atoms with Gasteiger partial charge in [-0.05, 0) is 44.1 Å². The van der Waals surface area contributed by atoms with Crippen molar-refractivity contribution in [3.05, 3.63) is 0 Å². The number of halogens is 3. The predicted octanol–water partition coefficient (Wildman–Crippen LogP) is 5.30. The van der Waals surface area contributed by atoms with Crippen LogP contribution >= 0.6 is 0 Å². The van der Waals surface area contributed by atoms with Gasteiger partial charge in [-0.25, -0.2) is 0 Å². The zero-order chi connectivity index (χ0) is 15.3. The van der Waals surface area contributed by atoms with E-state index in [0.29, 0.717) is 18.9 Å². The summed E-state index contributed by atoms with van der Waals surface area (Å²) >= 11 is 0. The average Bonchev–Trinajstić information content (AvgIpc) is 2.47. The SMILES string of the molecule is CCNC(CC1CCCCC1)C1CCCC(C(F)(F)F)C1. The Morgan fingerprint density at radius 1 is 1.00 bits per heavy atom. The maximum absolute atomic E-state index is 13.0. The van der Waals surface area contributed by atoms with Crippen molar-refractivity contribution >= 4 is 0 Å². The van der Waals surface area contributed by atoms with Crippen LogP contribution in [0.15, 0.2) is 0 Å². The highest BCUT2D eigenvalue weighted by atomic mass is 19.4. The lowest BCUT2D eigenvalue weighted by atomic mass is 9.74. The Morgan fingerprint density at radius 3 is 2.33 bits per heavy atom. The first kappa shape index (κ1) is 17.1. The van der Waals surface area contributed by atoms with Crippen LogP contribution in [0.1, 0.15) is 71.1 Å². The fraction of sp³-hybridized carbons (Fsp3) is 1.00. The van der Waals surface area contributed by atoms with E-state index in [0.717, 1.165) is 31.7 Å². The summed E-state index contributed by atoms with van der Waals surface area (Å²) in [5, 5.41) is 3.50. The van der Waals surface area contributed by atoms with E-state index in [-0.39, 0.29) is 5.92 Å². The number of alkyl halides is 3. The Balaban J connectivity index is 1.92. The van der Waals surface area contributed by atoms with E-state index in [2.05, 4.69) is 12.2 Å². The molecule has 0 saturated heterocycles. The van der Waals surface area contributed by atoms with Gasteiger partial charge in [-0.2, -0.15) is 13.2 Å². The van der Waals surface area contributed by atoms with Gasteiger partial charge in [-0.15, -0.1) is 0 Å². The first-order valence-corrected chi connectivity index (χ1v) is 8.80. The van der Waals surface area contributed by atoms with Crippen molar-refractivity contribution in [1.82, 2.24) is 5.32 Å². The minimum Gasteiger partial charge on any atom is -0.314 e. The molecule has 3 atom stereocenters. The molecule has 1 nitrogen and oxygen atoms in total. The van der Waals surface area contributed by atoms with Crippen LogP contribution in [-0.4, -0.2) is 18.8 Å². The van der Waals surface area contributed by atoms with E-state index in [4.69, 9.17) is 0 Å². The molecule has 2 aliphatic rings. The highest BCUT2D eigenvalue weighted by Gasteiger charge is 2.43. The standard InChI is InChI=1S/C17H30F3N/c1-2-21-16(11-13-7-4-3-5-8-13)14-9-6-10-15(12-14)17(18,19)20/h13-16,21H,2-12H2,1H3. The summed E-state index contributed by atoms with van der Waals surface area (Å²) in [4.78, 5) is 0. The van der Waals surface area contributed by atoms with Crippen LogP contribution in [0.2, 0.25) is 0 Å². The number of hydrogen-bond acceptors (Lipinski definition) is 1. The summed E-state index contributed by atoms with van der Waals surface area (Å²) in [7, 11) is 0. The summed E-state index contributed by atoms with van der Waals surface area (Å²) in [5.41, 5.74) is 0. The molecule has 2 fully saturated rings. The number of nitrogens with one attached hydrogen (secondary N) is 1. The fourth-order valence-corrected chi connectivity index (χ4v) is 4.38. The van der Waals surface area contributed by atoms with Gasteiger partial charge in [0, 0.05) is 6.04 Å². The highest BCUT2D eigenvalue weighted by Crippen LogP contribution is 2.42. The van der Waals surface area contributed by atoms with Gasteiger partial charge >= 0.3 is 6.18 Å². The Hall–Kier alpha value is -0.250. The van der Waals surface area contributed by atoms with Gasteiger partial charge in [0.1, 0.15) is 0 Å². The molecule has 0 amide bonds. The lowest BCUT2D eigenvalue weighted by molar-refractivity contribution is -0.186. The van der Waals surface area contributed by atoms with E-state index in [1.807, 2.05) is 0 Å². The molecular weight excluding hydrogens is 275 g/mol. The van der Waals surface area contributed by atoms with Crippen LogP contribution in [-0.2, 0) is 0 Å². The van der Waals surface area contributed by atoms with Gasteiger partial charge in [0.2, 0.25) is 0 Å². The molecule has 0 bridgehead atoms. The molecule has 0 aromatic heterocycles. The topological polar surface area (TPSA) is 12.0 Å². The zero-order valence-electron chi connectivity index (χ0n) is 13.2. The Bertz CT molecular complexity index is 297. The van der Waals surface area contributed by atoms with Crippen molar-refractivity contribution in [3.63, 3.8) is 0 Å². The summed E-state index contributed by atoms with van der Waals surface area (Å²) in [6.07, 6.45) is 5.97. The second-order valence-electron chi connectivity index (χ2n) is 7.07. The molecule has 21 heavy (non-hydrogen) atoms. The normalized spacial score (nSPS) is 30.3. The number of rotatable bonds is 5. The van der Waals surface area contributed by atoms with Crippen molar-refractivity contribution < 1.29 is 13.2 Å². The average molecular weight is 305 g/mol. The molecule has 4 heteroatoms. The lowest BCUT2D eigenvalue weighted by Crippen LogP contribution is -2.42. The third kappa shape index (κ3) is 5.15. The smallest absolute Gasteiger partial charge is 0.314 e. The van der Waals surface area contributed by atoms with Crippen LogP contribution in [0.5, 0.6) is 0 Å². The molecular formula is C17H30F3N. The van der Waals surface area contributed by atoms with Crippen LogP contribution < -0.4 is 5.32 Å². The van der Waals surface area contributed by atoms with Gasteiger partial charge < -0.3 is 5.32 Å². The maximum Gasteiger partial charge on any atom is 0.391 e. The van der Waals surface area contributed by atoms with Gasteiger partial charge in [-0.3, -0.25) is 0 Å². The third-order valence-electron chi connectivity index (χ3n) is 5.53. The van der Waals surface area contributed by atoms with E-state index in [1.54, 1.807) is 0 Å². The van der Waals surface area contributed by atoms with E-state index in [1.165, 1.54) is 32.1 Å². The summed E-state index contributed by atoms with van der Waals surface area (Å²) in [6.45, 7) is 2.93. The zero-order valence-corrected chi connectivity index (χ0v) is 13.2. The molecule has 0 aromatic rings. The Labute approximate surface area is 127 Å². The quantitative estimate of drug-likeness (QED) is 0.726. The van der Waals surface area contributed by atoms with E-state index < -0.39 is 12.1 Å². The second kappa shape index (κ2) is 7.85. The molecule has 0 heterocycles. The first-order chi connectivity index (χ1) is 10.0. The molecule has 3 unspecified atom stereocenters. The Kier molecular flexibility index (Phi) is 6.39. The van der Waals surface area contributed by atoms with E-state index in [9.17, 15) is 13.2 Å². The fourth-order valence-electron chi connectivity index (χ4n) is 4.38. The minimum atomic E-state index is -4.00. The molecule has 0 aliphatic heterocycles. The monoisotopic (exact) mass is 305 g/mol. The van der Waals surface area contributed by atoms with Gasteiger partial charge in [0.05, 0.1) is 5.92 Å². The van der Waals surface area contributed by atoms with Gasteiger partial charge in [-0.1, -0.05) is 45.4 Å². The summed E-state index contributed by atoms with van der Waals surface area (Å²) in [6, 6.07) is 0.295. The van der Waals surface area contributed by atoms with Crippen LogP contribution in [0.3, 0.4) is 0 Å². The first-order valence-electron chi connectivity index (χ1n) is 8.80. The third-order valence-corrected chi connectivity index (χ3v) is 5.53. The highest BCUT2D eigenvalue weighted by molar-refractivity contribution is 4.86. The van der Waals surface area contributed by atoms with Crippen molar-refractivity contribution in [2.75, 3.05) is 6.54 Å². The van der Waals surface area contributed by atoms with Gasteiger partial charge in [0.15, 0.2) is 0 Å². The molecule has 2 saturated carbocycles. The summed E-state index contributed by atoms with van der Waals surface area (Å²) < 4.78 is 39.0. The minimum absolute atomic E-state index is 0.215. The molecule has 0 radical (unpaired) electrons. The largest absolute Gasteiger partial charge is 0.391 e. The molecule has 0 spiro atoms. The predicted molar refractivity (Wildman–Crippen MR) is 80.2 cm³/mol. The second-order valence-corrected chi connectivity index (χ2v) is 7.07. The molecule has 124 valence electrons. The molecule has 1 N–H and O–H groups in total. The van der Waals surface area contributed by atoms with Crippen LogP contribution in [0, 0.1) is 17.8 Å². The van der Waals surface area contributed by atoms with Crippen molar-refractivity contribution in [3.8, 4) is 0 Å². The molecule has 0 aromatic carbocycles. The van der Waals surface area contributed by atoms with Crippen LogP contribution in [0.4, 0.5) is 13.2 Å². The lowest BCUT2D eigenvalue weighted by Gasteiger charge is -2.37. The van der Waals surface area contributed by atoms with E-state index >= 15 is 0 Å². The van der Waals surface area contributed by atoms with Crippen LogP contribution in [0.25, 0.3) is 0 Å². The molecule has 2 rings (SSSR count). The van der Waals surface area contributed by atoms with Crippen molar-refractivity contribution in [1.29, 1.82) is 0 Å². The van der Waals surface area contributed by atoms with Crippen molar-refractivity contribution in [2.45, 2.75) is 83.4 Å². The molecule has 2 aliphatic carbocycles. The van der Waals surface area contributed by atoms with Crippen molar-refractivity contribution in [2.24, 2.45) is 17.8 Å².